The second kappa shape index (κ2) is 6.13. The van der Waals surface area contributed by atoms with Gasteiger partial charge < -0.3 is 10.5 Å². The molecule has 3 N–H and O–H groups in total. The fourth-order valence-electron chi connectivity index (χ4n) is 1.06. The normalized spacial score (nSPS) is 12.6. The summed E-state index contributed by atoms with van der Waals surface area (Å²) in [4.78, 5) is 22.4. The number of amides is 2. The first-order valence-electron chi connectivity index (χ1n) is 4.69. The van der Waals surface area contributed by atoms with E-state index < -0.39 is 22.0 Å². The molecule has 1 unspecified atom stereocenters. The van der Waals surface area contributed by atoms with E-state index in [9.17, 15) is 9.59 Å². The van der Waals surface area contributed by atoms with Crippen molar-refractivity contribution in [2.75, 3.05) is 0 Å². The zero-order valence-corrected chi connectivity index (χ0v) is 11.2. The Morgan fingerprint density at radius 1 is 1.22 bits per heavy atom. The molecule has 1 atom stereocenters. The van der Waals surface area contributed by atoms with Gasteiger partial charge in [0.05, 0.1) is 5.56 Å². The minimum Gasteiger partial charge on any atom is -0.433 e. The Bertz CT molecular complexity index is 434. The standard InChI is InChI=1S/C10H9Cl3N2O3/c11-10(12,13)8(15-9(14)17)18-7(16)6-4-2-1-3-5-6/h1-5,8H,(H3,14,15,17). The topological polar surface area (TPSA) is 81.4 Å². The van der Waals surface area contributed by atoms with Gasteiger partial charge in [0.25, 0.3) is 0 Å². The molecular weight excluding hydrogens is 302 g/mol. The highest BCUT2D eigenvalue weighted by Gasteiger charge is 2.37. The summed E-state index contributed by atoms with van der Waals surface area (Å²) >= 11 is 16.7. The third-order valence-corrected chi connectivity index (χ3v) is 2.40. The summed E-state index contributed by atoms with van der Waals surface area (Å²) in [7, 11) is 0. The molecule has 0 radical (unpaired) electrons. The van der Waals surface area contributed by atoms with Crippen molar-refractivity contribution >= 4 is 46.8 Å². The molecule has 0 spiro atoms. The Morgan fingerprint density at radius 3 is 2.22 bits per heavy atom. The van der Waals surface area contributed by atoms with E-state index in [4.69, 9.17) is 45.3 Å². The van der Waals surface area contributed by atoms with Gasteiger partial charge in [-0.25, -0.2) is 9.59 Å². The van der Waals surface area contributed by atoms with Crippen molar-refractivity contribution in [2.24, 2.45) is 5.73 Å². The number of esters is 1. The predicted octanol–water partition coefficient (Wildman–Crippen LogP) is 2.21. The molecule has 8 heteroatoms. The summed E-state index contributed by atoms with van der Waals surface area (Å²) in [5.41, 5.74) is 5.14. The number of rotatable bonds is 3. The van der Waals surface area contributed by atoms with E-state index in [1.54, 1.807) is 18.2 Å². The monoisotopic (exact) mass is 310 g/mol. The zero-order chi connectivity index (χ0) is 13.8. The molecule has 0 bridgehead atoms. The van der Waals surface area contributed by atoms with Crippen LogP contribution in [0.25, 0.3) is 0 Å². The van der Waals surface area contributed by atoms with Crippen LogP contribution in [-0.2, 0) is 4.74 Å². The average molecular weight is 312 g/mol. The number of primary amides is 1. The van der Waals surface area contributed by atoms with Crippen LogP contribution in [-0.4, -0.2) is 22.0 Å². The van der Waals surface area contributed by atoms with E-state index in [-0.39, 0.29) is 5.56 Å². The van der Waals surface area contributed by atoms with Gasteiger partial charge in [-0.2, -0.15) is 0 Å². The van der Waals surface area contributed by atoms with E-state index in [1.165, 1.54) is 12.1 Å². The smallest absolute Gasteiger partial charge is 0.340 e. The zero-order valence-electron chi connectivity index (χ0n) is 8.90. The number of hydrogen-bond acceptors (Lipinski definition) is 3. The molecule has 18 heavy (non-hydrogen) atoms. The number of carbonyl (C=O) groups is 2. The lowest BCUT2D eigenvalue weighted by Gasteiger charge is -2.24. The quantitative estimate of drug-likeness (QED) is 0.510. The van der Waals surface area contributed by atoms with Crippen LogP contribution in [0.4, 0.5) is 4.79 Å². The molecule has 0 heterocycles. The van der Waals surface area contributed by atoms with Gasteiger partial charge in [-0.1, -0.05) is 53.0 Å². The number of alkyl halides is 3. The fraction of sp³-hybridized carbons (Fsp3) is 0.200. The van der Waals surface area contributed by atoms with Crippen molar-refractivity contribution in [3.8, 4) is 0 Å². The second-order valence-corrected chi connectivity index (χ2v) is 5.57. The molecule has 0 aliphatic carbocycles. The van der Waals surface area contributed by atoms with Gasteiger partial charge in [-0.15, -0.1) is 0 Å². The molecule has 5 nitrogen and oxygen atoms in total. The van der Waals surface area contributed by atoms with Crippen molar-refractivity contribution in [3.05, 3.63) is 35.9 Å². The molecule has 1 aromatic rings. The van der Waals surface area contributed by atoms with Gasteiger partial charge in [-0.3, -0.25) is 5.32 Å². The van der Waals surface area contributed by atoms with Crippen LogP contribution in [0.15, 0.2) is 30.3 Å². The lowest BCUT2D eigenvalue weighted by Crippen LogP contribution is -2.48. The minimum absolute atomic E-state index is 0.253. The number of urea groups is 1. The highest BCUT2D eigenvalue weighted by atomic mass is 35.6. The van der Waals surface area contributed by atoms with Gasteiger partial charge in [0.2, 0.25) is 10.0 Å². The molecule has 2 amide bonds. The van der Waals surface area contributed by atoms with E-state index in [1.807, 2.05) is 5.32 Å². The van der Waals surface area contributed by atoms with Crippen LogP contribution in [0.3, 0.4) is 0 Å². The number of nitrogens with two attached hydrogens (primary N) is 1. The SMILES string of the molecule is NC(=O)NC(OC(=O)c1ccccc1)C(Cl)(Cl)Cl. The van der Waals surface area contributed by atoms with E-state index >= 15 is 0 Å². The number of hydrogen-bond donors (Lipinski definition) is 2. The summed E-state index contributed by atoms with van der Waals surface area (Å²) in [5.74, 6) is -0.749. The number of benzene rings is 1. The summed E-state index contributed by atoms with van der Waals surface area (Å²) in [6.45, 7) is 0. The van der Waals surface area contributed by atoms with Crippen molar-refractivity contribution < 1.29 is 14.3 Å². The summed E-state index contributed by atoms with van der Waals surface area (Å²) in [5, 5.41) is 2.02. The van der Waals surface area contributed by atoms with Gasteiger partial charge in [0, 0.05) is 0 Å². The van der Waals surface area contributed by atoms with E-state index in [0.717, 1.165) is 0 Å². The Balaban J connectivity index is 2.78. The van der Waals surface area contributed by atoms with Crippen molar-refractivity contribution in [1.82, 2.24) is 5.32 Å². The minimum atomic E-state index is -2.03. The molecule has 1 rings (SSSR count). The third-order valence-electron chi connectivity index (χ3n) is 1.81. The van der Waals surface area contributed by atoms with Crippen LogP contribution < -0.4 is 11.1 Å². The first-order valence-corrected chi connectivity index (χ1v) is 5.83. The van der Waals surface area contributed by atoms with Crippen LogP contribution in [0.5, 0.6) is 0 Å². The largest absolute Gasteiger partial charge is 0.433 e. The summed E-state index contributed by atoms with van der Waals surface area (Å²) < 4.78 is 2.84. The van der Waals surface area contributed by atoms with Crippen molar-refractivity contribution in [1.29, 1.82) is 0 Å². The average Bonchev–Trinajstić information content (AvgIpc) is 2.27. The maximum atomic E-state index is 11.7. The first kappa shape index (κ1) is 14.9. The van der Waals surface area contributed by atoms with Gasteiger partial charge in [-0.05, 0) is 12.1 Å². The third kappa shape index (κ3) is 4.60. The Labute approximate surface area is 118 Å². The maximum Gasteiger partial charge on any atom is 0.340 e. The Kier molecular flexibility index (Phi) is 5.07. The van der Waals surface area contributed by atoms with Gasteiger partial charge in [0.15, 0.2) is 0 Å². The van der Waals surface area contributed by atoms with Gasteiger partial charge >= 0.3 is 12.0 Å². The molecule has 0 aromatic heterocycles. The molecular formula is C10H9Cl3N2O3. The molecule has 1 aromatic carbocycles. The highest BCUT2D eigenvalue weighted by Crippen LogP contribution is 2.31. The lowest BCUT2D eigenvalue weighted by atomic mass is 10.2. The maximum absolute atomic E-state index is 11.7. The van der Waals surface area contributed by atoms with Crippen LogP contribution in [0.1, 0.15) is 10.4 Å². The molecule has 0 fully saturated rings. The molecule has 0 saturated heterocycles. The van der Waals surface area contributed by atoms with E-state index in [0.29, 0.717) is 0 Å². The van der Waals surface area contributed by atoms with Crippen molar-refractivity contribution in [3.63, 3.8) is 0 Å². The number of nitrogens with one attached hydrogen (secondary N) is 1. The van der Waals surface area contributed by atoms with Gasteiger partial charge in [0.1, 0.15) is 0 Å². The highest BCUT2D eigenvalue weighted by molar-refractivity contribution is 6.68. The number of halogens is 3. The first-order chi connectivity index (χ1) is 8.30. The number of carbonyl (C=O) groups excluding carboxylic acids is 2. The molecule has 98 valence electrons. The number of ether oxygens (including phenoxy) is 1. The second-order valence-electron chi connectivity index (χ2n) is 3.20. The molecule has 0 aliphatic rings. The van der Waals surface area contributed by atoms with Crippen LogP contribution >= 0.6 is 34.8 Å². The predicted molar refractivity (Wildman–Crippen MR) is 68.7 cm³/mol. The van der Waals surface area contributed by atoms with Crippen molar-refractivity contribution in [2.45, 2.75) is 10.0 Å². The summed E-state index contributed by atoms with van der Waals surface area (Å²) in [6, 6.07) is 7.06. The molecule has 0 saturated carbocycles. The Morgan fingerprint density at radius 2 is 1.78 bits per heavy atom. The summed E-state index contributed by atoms with van der Waals surface area (Å²) in [6.07, 6.45) is -1.48. The van der Waals surface area contributed by atoms with Crippen LogP contribution in [0.2, 0.25) is 0 Å². The Hall–Kier alpha value is -1.17. The lowest BCUT2D eigenvalue weighted by molar-refractivity contribution is 0.0260. The van der Waals surface area contributed by atoms with Crippen LogP contribution in [0, 0.1) is 0 Å². The fourth-order valence-corrected chi connectivity index (χ4v) is 1.35. The van der Waals surface area contributed by atoms with E-state index in [2.05, 4.69) is 0 Å². The molecule has 0 aliphatic heterocycles.